The summed E-state index contributed by atoms with van der Waals surface area (Å²) in [5, 5.41) is 13.1. The summed E-state index contributed by atoms with van der Waals surface area (Å²) in [7, 11) is 0. The van der Waals surface area contributed by atoms with E-state index in [2.05, 4.69) is 11.9 Å². The Kier molecular flexibility index (Phi) is 4.31. The quantitative estimate of drug-likeness (QED) is 0.485. The first kappa shape index (κ1) is 13.6. The molecule has 0 fully saturated rings. The molecule has 0 aliphatic carbocycles. The van der Waals surface area contributed by atoms with Gasteiger partial charge in [-0.1, -0.05) is 18.7 Å². The largest absolute Gasteiger partial charge is 0.342 e. The van der Waals surface area contributed by atoms with Crippen molar-refractivity contribution in [3.05, 3.63) is 52.6 Å². The fourth-order valence-corrected chi connectivity index (χ4v) is 1.35. The predicted molar refractivity (Wildman–Crippen MR) is 65.2 cm³/mol. The van der Waals surface area contributed by atoms with Crippen molar-refractivity contribution in [3.8, 4) is 0 Å². The minimum atomic E-state index is -0.769. The smallest absolute Gasteiger partial charge is 0.282 e. The Balaban J connectivity index is 2.94. The van der Waals surface area contributed by atoms with Crippen LogP contribution in [0.25, 0.3) is 0 Å². The van der Waals surface area contributed by atoms with Crippen LogP contribution in [-0.4, -0.2) is 22.7 Å². The Morgan fingerprint density at radius 3 is 2.61 bits per heavy atom. The maximum absolute atomic E-state index is 11.8. The van der Waals surface area contributed by atoms with E-state index in [0.29, 0.717) is 0 Å². The van der Waals surface area contributed by atoms with Gasteiger partial charge in [-0.15, -0.1) is 0 Å². The van der Waals surface area contributed by atoms with Gasteiger partial charge < -0.3 is 5.32 Å². The maximum atomic E-state index is 11.8. The van der Waals surface area contributed by atoms with Crippen molar-refractivity contribution in [2.75, 3.05) is 0 Å². The van der Waals surface area contributed by atoms with Gasteiger partial charge in [-0.25, -0.2) is 0 Å². The topological polar surface area (TPSA) is 89.3 Å². The van der Waals surface area contributed by atoms with E-state index < -0.39 is 16.9 Å². The van der Waals surface area contributed by atoms with Crippen molar-refractivity contribution in [1.29, 1.82) is 0 Å². The maximum Gasteiger partial charge on any atom is 0.282 e. The van der Waals surface area contributed by atoms with Gasteiger partial charge in [0.25, 0.3) is 11.6 Å². The van der Waals surface area contributed by atoms with Crippen LogP contribution in [0.1, 0.15) is 17.3 Å². The third-order valence-corrected chi connectivity index (χ3v) is 2.32. The van der Waals surface area contributed by atoms with Crippen LogP contribution in [0.4, 0.5) is 5.69 Å². The van der Waals surface area contributed by atoms with Crippen molar-refractivity contribution < 1.29 is 14.5 Å². The van der Waals surface area contributed by atoms with Gasteiger partial charge in [0.15, 0.2) is 5.78 Å². The van der Waals surface area contributed by atoms with E-state index in [1.807, 2.05) is 0 Å². The summed E-state index contributed by atoms with van der Waals surface area (Å²) in [6, 6.07) is 4.78. The van der Waals surface area contributed by atoms with Crippen LogP contribution in [0.5, 0.6) is 0 Å². The summed E-state index contributed by atoms with van der Waals surface area (Å²) in [6.45, 7) is 4.78. The van der Waals surface area contributed by atoms with Crippen LogP contribution in [0.3, 0.4) is 0 Å². The lowest BCUT2D eigenvalue weighted by atomic mass is 10.1. The van der Waals surface area contributed by atoms with E-state index in [1.165, 1.54) is 31.2 Å². The highest BCUT2D eigenvalue weighted by molar-refractivity contribution is 6.02. The SMILES string of the molecule is C=CC(=O)C(C)NC(=O)c1ccccc1[N+](=O)[O-]. The number of amides is 1. The number of nitro groups is 1. The molecule has 1 N–H and O–H groups in total. The molecule has 1 unspecified atom stereocenters. The van der Waals surface area contributed by atoms with Gasteiger partial charge in [0.1, 0.15) is 5.56 Å². The molecule has 0 heterocycles. The highest BCUT2D eigenvalue weighted by Crippen LogP contribution is 2.17. The summed E-state index contributed by atoms with van der Waals surface area (Å²) >= 11 is 0. The van der Waals surface area contributed by atoms with E-state index in [-0.39, 0.29) is 17.0 Å². The zero-order valence-electron chi connectivity index (χ0n) is 9.75. The molecule has 0 aliphatic heterocycles. The van der Waals surface area contributed by atoms with Gasteiger partial charge in [-0.05, 0) is 19.1 Å². The number of carbonyl (C=O) groups is 2. The van der Waals surface area contributed by atoms with Crippen LogP contribution in [-0.2, 0) is 4.79 Å². The summed E-state index contributed by atoms with van der Waals surface area (Å²) in [5.74, 6) is -1.02. The van der Waals surface area contributed by atoms with Crippen LogP contribution >= 0.6 is 0 Å². The lowest BCUT2D eigenvalue weighted by molar-refractivity contribution is -0.385. The van der Waals surface area contributed by atoms with E-state index in [9.17, 15) is 19.7 Å². The molecule has 6 nitrogen and oxygen atoms in total. The average molecular weight is 248 g/mol. The van der Waals surface area contributed by atoms with Crippen molar-refractivity contribution in [2.24, 2.45) is 0 Å². The molecule has 1 rings (SSSR count). The van der Waals surface area contributed by atoms with Crippen LogP contribution in [0.15, 0.2) is 36.9 Å². The molecule has 0 aliphatic rings. The summed E-state index contributed by atoms with van der Waals surface area (Å²) in [6.07, 6.45) is 1.09. The molecule has 1 amide bonds. The monoisotopic (exact) mass is 248 g/mol. The van der Waals surface area contributed by atoms with Gasteiger partial charge in [0.05, 0.1) is 11.0 Å². The zero-order chi connectivity index (χ0) is 13.7. The predicted octanol–water partition coefficient (Wildman–Crippen LogP) is 1.47. The molecule has 0 radical (unpaired) electrons. The molecular formula is C12H12N2O4. The summed E-state index contributed by atoms with van der Waals surface area (Å²) < 4.78 is 0. The fraction of sp³-hybridized carbons (Fsp3) is 0.167. The highest BCUT2D eigenvalue weighted by Gasteiger charge is 2.21. The van der Waals surface area contributed by atoms with E-state index in [1.54, 1.807) is 0 Å². The number of hydrogen-bond donors (Lipinski definition) is 1. The number of nitrogens with zero attached hydrogens (tertiary/aromatic N) is 1. The zero-order valence-corrected chi connectivity index (χ0v) is 9.75. The van der Waals surface area contributed by atoms with Gasteiger partial charge in [0, 0.05) is 6.07 Å². The minimum absolute atomic E-state index is 0.0776. The van der Waals surface area contributed by atoms with Gasteiger partial charge in [-0.3, -0.25) is 19.7 Å². The Labute approximate surface area is 103 Å². The Hall–Kier alpha value is -2.50. The number of ketones is 1. The number of rotatable bonds is 5. The van der Waals surface area contributed by atoms with Crippen LogP contribution in [0.2, 0.25) is 0 Å². The molecule has 6 heteroatoms. The Morgan fingerprint density at radius 2 is 2.06 bits per heavy atom. The van der Waals surface area contributed by atoms with Gasteiger partial charge in [-0.2, -0.15) is 0 Å². The molecule has 0 bridgehead atoms. The number of benzene rings is 1. The number of hydrogen-bond acceptors (Lipinski definition) is 4. The fourth-order valence-electron chi connectivity index (χ4n) is 1.35. The molecule has 1 aromatic rings. The van der Waals surface area contributed by atoms with Crippen molar-refractivity contribution in [2.45, 2.75) is 13.0 Å². The lowest BCUT2D eigenvalue weighted by Gasteiger charge is -2.10. The second-order valence-corrected chi connectivity index (χ2v) is 3.58. The first-order valence-electron chi connectivity index (χ1n) is 5.18. The molecule has 1 aromatic carbocycles. The normalized spacial score (nSPS) is 11.4. The van der Waals surface area contributed by atoms with Crippen molar-refractivity contribution in [3.63, 3.8) is 0 Å². The van der Waals surface area contributed by atoms with Gasteiger partial charge >= 0.3 is 0 Å². The second-order valence-electron chi connectivity index (χ2n) is 3.58. The molecule has 0 saturated carbocycles. The summed E-state index contributed by atoms with van der Waals surface area (Å²) in [5.41, 5.74) is -0.375. The average Bonchev–Trinajstić information content (AvgIpc) is 2.37. The van der Waals surface area contributed by atoms with Crippen LogP contribution in [0, 0.1) is 10.1 Å². The molecule has 0 spiro atoms. The molecule has 18 heavy (non-hydrogen) atoms. The Bertz CT molecular complexity index is 511. The molecule has 0 aromatic heterocycles. The first-order chi connectivity index (χ1) is 8.47. The highest BCUT2D eigenvalue weighted by atomic mass is 16.6. The minimum Gasteiger partial charge on any atom is -0.342 e. The first-order valence-corrected chi connectivity index (χ1v) is 5.18. The van der Waals surface area contributed by atoms with E-state index in [4.69, 9.17) is 0 Å². The van der Waals surface area contributed by atoms with Crippen LogP contribution < -0.4 is 5.32 Å². The molecule has 94 valence electrons. The van der Waals surface area contributed by atoms with Crippen molar-refractivity contribution in [1.82, 2.24) is 5.32 Å². The molecule has 0 saturated heterocycles. The number of carbonyl (C=O) groups excluding carboxylic acids is 2. The Morgan fingerprint density at radius 1 is 1.44 bits per heavy atom. The number of nitrogens with one attached hydrogen (secondary N) is 1. The number of nitro benzene ring substituents is 1. The molecule has 1 atom stereocenters. The standard InChI is InChI=1S/C12H12N2O4/c1-3-11(15)8(2)13-12(16)9-6-4-5-7-10(9)14(17)18/h3-8H,1H2,2H3,(H,13,16). The summed E-state index contributed by atoms with van der Waals surface area (Å²) in [4.78, 5) is 33.1. The lowest BCUT2D eigenvalue weighted by Crippen LogP contribution is -2.37. The molecular weight excluding hydrogens is 236 g/mol. The third kappa shape index (κ3) is 3.00. The second kappa shape index (κ2) is 5.72. The van der Waals surface area contributed by atoms with E-state index >= 15 is 0 Å². The van der Waals surface area contributed by atoms with Gasteiger partial charge in [0.2, 0.25) is 0 Å². The number of para-hydroxylation sites is 1. The van der Waals surface area contributed by atoms with Crippen molar-refractivity contribution >= 4 is 17.4 Å². The third-order valence-electron chi connectivity index (χ3n) is 2.32. The van der Waals surface area contributed by atoms with E-state index in [0.717, 1.165) is 6.08 Å².